The van der Waals surface area contributed by atoms with Crippen molar-refractivity contribution in [2.45, 2.75) is 13.3 Å². The van der Waals surface area contributed by atoms with E-state index in [0.29, 0.717) is 6.42 Å². The molecule has 0 aliphatic rings. The van der Waals surface area contributed by atoms with Crippen LogP contribution in [0.2, 0.25) is 0 Å². The van der Waals surface area contributed by atoms with Crippen molar-refractivity contribution in [2.24, 2.45) is 0 Å². The van der Waals surface area contributed by atoms with Crippen LogP contribution in [-0.4, -0.2) is 11.7 Å². The highest BCUT2D eigenvalue weighted by atomic mass is 16.2. The molecule has 0 aliphatic carbocycles. The van der Waals surface area contributed by atoms with Crippen molar-refractivity contribution in [3.05, 3.63) is 35.4 Å². The van der Waals surface area contributed by atoms with Gasteiger partial charge in [-0.15, -0.1) is 0 Å². The Morgan fingerprint density at radius 3 is 2.85 bits per heavy atom. The summed E-state index contributed by atoms with van der Waals surface area (Å²) in [6, 6.07) is 5.84. The van der Waals surface area contributed by atoms with Crippen LogP contribution in [0.1, 0.15) is 17.5 Å². The van der Waals surface area contributed by atoms with Gasteiger partial charge in [0.05, 0.1) is 0 Å². The second-order valence-electron chi connectivity index (χ2n) is 2.99. The van der Waals surface area contributed by atoms with Crippen LogP contribution in [0.25, 0.3) is 6.08 Å². The first-order valence-corrected chi connectivity index (χ1v) is 4.38. The van der Waals surface area contributed by atoms with E-state index in [-0.39, 0.29) is 6.61 Å². The summed E-state index contributed by atoms with van der Waals surface area (Å²) < 4.78 is 0. The fraction of sp³-hybridized carbons (Fsp3) is 0.273. The Hall–Kier alpha value is -1.28. The molecule has 3 N–H and O–H groups in total. The number of anilines is 1. The van der Waals surface area contributed by atoms with Gasteiger partial charge in [0.1, 0.15) is 0 Å². The lowest BCUT2D eigenvalue weighted by molar-refractivity contribution is 0.303. The van der Waals surface area contributed by atoms with E-state index in [1.54, 1.807) is 0 Å². The van der Waals surface area contributed by atoms with Crippen molar-refractivity contribution in [1.29, 1.82) is 0 Å². The molecule has 0 radical (unpaired) electrons. The molecule has 0 heterocycles. The number of rotatable bonds is 3. The molecule has 13 heavy (non-hydrogen) atoms. The fourth-order valence-electron chi connectivity index (χ4n) is 1.21. The number of nitrogens with two attached hydrogens (primary N) is 1. The minimum atomic E-state index is 0.183. The summed E-state index contributed by atoms with van der Waals surface area (Å²) >= 11 is 0. The molecule has 1 aromatic rings. The molecule has 2 heteroatoms. The van der Waals surface area contributed by atoms with Crippen LogP contribution in [0.15, 0.2) is 24.3 Å². The van der Waals surface area contributed by atoms with E-state index >= 15 is 0 Å². The molecule has 70 valence electrons. The molecule has 0 aromatic heterocycles. The highest BCUT2D eigenvalue weighted by Gasteiger charge is 1.96. The largest absolute Gasteiger partial charge is 0.398 e. The van der Waals surface area contributed by atoms with Crippen LogP contribution in [0.3, 0.4) is 0 Å². The Morgan fingerprint density at radius 1 is 1.46 bits per heavy atom. The first-order valence-electron chi connectivity index (χ1n) is 4.38. The van der Waals surface area contributed by atoms with Gasteiger partial charge in [-0.25, -0.2) is 0 Å². The van der Waals surface area contributed by atoms with Gasteiger partial charge < -0.3 is 10.8 Å². The van der Waals surface area contributed by atoms with Crippen LogP contribution in [0.5, 0.6) is 0 Å². The van der Waals surface area contributed by atoms with Gasteiger partial charge in [0.15, 0.2) is 0 Å². The van der Waals surface area contributed by atoms with Gasteiger partial charge in [0.2, 0.25) is 0 Å². The first-order chi connectivity index (χ1) is 6.25. The Kier molecular flexibility index (Phi) is 3.53. The molecular formula is C11H15NO. The number of nitrogen functional groups attached to an aromatic ring is 1. The Morgan fingerprint density at radius 2 is 2.23 bits per heavy atom. The van der Waals surface area contributed by atoms with E-state index in [4.69, 9.17) is 10.8 Å². The highest BCUT2D eigenvalue weighted by molar-refractivity contribution is 5.67. The molecule has 0 bridgehead atoms. The zero-order valence-corrected chi connectivity index (χ0v) is 7.83. The van der Waals surface area contributed by atoms with Gasteiger partial charge in [-0.1, -0.05) is 24.3 Å². The number of hydrogen-bond acceptors (Lipinski definition) is 2. The summed E-state index contributed by atoms with van der Waals surface area (Å²) in [6.07, 6.45) is 4.56. The van der Waals surface area contributed by atoms with Gasteiger partial charge in [-0.05, 0) is 30.5 Å². The van der Waals surface area contributed by atoms with Gasteiger partial charge >= 0.3 is 0 Å². The summed E-state index contributed by atoms with van der Waals surface area (Å²) in [5.74, 6) is 0. The standard InChI is InChI=1S/C11H15NO/c1-9-5-4-7-11(12)10(9)6-2-3-8-13/h2,4-7,13H,3,8,12H2,1H3. The van der Waals surface area contributed by atoms with Crippen LogP contribution in [-0.2, 0) is 0 Å². The third kappa shape index (κ3) is 2.60. The molecule has 0 spiro atoms. The number of benzene rings is 1. The summed E-state index contributed by atoms with van der Waals surface area (Å²) in [5.41, 5.74) is 8.79. The van der Waals surface area contributed by atoms with E-state index in [1.807, 2.05) is 37.3 Å². The average molecular weight is 177 g/mol. The summed E-state index contributed by atoms with van der Waals surface area (Å²) in [6.45, 7) is 2.21. The third-order valence-electron chi connectivity index (χ3n) is 1.94. The molecule has 0 aliphatic heterocycles. The lowest BCUT2D eigenvalue weighted by atomic mass is 10.1. The quantitative estimate of drug-likeness (QED) is 0.693. The van der Waals surface area contributed by atoms with Gasteiger partial charge in [-0.2, -0.15) is 0 Å². The van der Waals surface area contributed by atoms with E-state index < -0.39 is 0 Å². The minimum Gasteiger partial charge on any atom is -0.398 e. The maximum atomic E-state index is 8.60. The van der Waals surface area contributed by atoms with E-state index in [9.17, 15) is 0 Å². The smallest absolute Gasteiger partial charge is 0.0465 e. The van der Waals surface area contributed by atoms with Crippen molar-refractivity contribution in [2.75, 3.05) is 12.3 Å². The summed E-state index contributed by atoms with van der Waals surface area (Å²) in [4.78, 5) is 0. The molecule has 1 aromatic carbocycles. The van der Waals surface area contributed by atoms with E-state index in [0.717, 1.165) is 16.8 Å². The molecular weight excluding hydrogens is 162 g/mol. The van der Waals surface area contributed by atoms with Crippen LogP contribution < -0.4 is 5.73 Å². The maximum absolute atomic E-state index is 8.60. The van der Waals surface area contributed by atoms with Crippen molar-refractivity contribution >= 4 is 11.8 Å². The summed E-state index contributed by atoms with van der Waals surface area (Å²) in [7, 11) is 0. The minimum absolute atomic E-state index is 0.183. The predicted octanol–water partition coefficient (Wildman–Crippen LogP) is 1.97. The second kappa shape index (κ2) is 4.67. The van der Waals surface area contributed by atoms with E-state index in [2.05, 4.69) is 0 Å². The van der Waals surface area contributed by atoms with Crippen molar-refractivity contribution in [3.63, 3.8) is 0 Å². The maximum Gasteiger partial charge on any atom is 0.0465 e. The Balaban J connectivity index is 2.87. The Labute approximate surface area is 78.7 Å². The van der Waals surface area contributed by atoms with Gasteiger partial charge in [0, 0.05) is 12.3 Å². The number of hydrogen-bond donors (Lipinski definition) is 2. The van der Waals surface area contributed by atoms with Crippen LogP contribution >= 0.6 is 0 Å². The van der Waals surface area contributed by atoms with Crippen molar-refractivity contribution in [3.8, 4) is 0 Å². The van der Waals surface area contributed by atoms with Crippen LogP contribution in [0, 0.1) is 6.92 Å². The second-order valence-corrected chi connectivity index (χ2v) is 2.99. The van der Waals surface area contributed by atoms with Crippen LogP contribution in [0.4, 0.5) is 5.69 Å². The highest BCUT2D eigenvalue weighted by Crippen LogP contribution is 2.17. The molecule has 0 fully saturated rings. The molecule has 0 atom stereocenters. The van der Waals surface area contributed by atoms with Crippen molar-refractivity contribution in [1.82, 2.24) is 0 Å². The Bertz CT molecular complexity index is 285. The molecule has 0 unspecified atom stereocenters. The normalized spacial score (nSPS) is 10.9. The molecule has 0 saturated carbocycles. The van der Waals surface area contributed by atoms with Crippen molar-refractivity contribution < 1.29 is 5.11 Å². The number of aryl methyl sites for hydroxylation is 1. The predicted molar refractivity (Wildman–Crippen MR) is 56.3 cm³/mol. The molecule has 2 nitrogen and oxygen atoms in total. The fourth-order valence-corrected chi connectivity index (χ4v) is 1.21. The van der Waals surface area contributed by atoms with Gasteiger partial charge in [-0.3, -0.25) is 0 Å². The molecule has 0 saturated heterocycles. The third-order valence-corrected chi connectivity index (χ3v) is 1.94. The first kappa shape index (κ1) is 9.81. The SMILES string of the molecule is Cc1cccc(N)c1C=CCCO. The van der Waals surface area contributed by atoms with E-state index in [1.165, 1.54) is 0 Å². The molecule has 1 rings (SSSR count). The number of aliphatic hydroxyl groups is 1. The zero-order valence-electron chi connectivity index (χ0n) is 7.83. The van der Waals surface area contributed by atoms with Gasteiger partial charge in [0.25, 0.3) is 0 Å². The monoisotopic (exact) mass is 177 g/mol. The lowest BCUT2D eigenvalue weighted by Crippen LogP contribution is -1.91. The lowest BCUT2D eigenvalue weighted by Gasteiger charge is -2.03. The topological polar surface area (TPSA) is 46.2 Å². The molecule has 0 amide bonds. The zero-order chi connectivity index (χ0) is 9.68. The summed E-state index contributed by atoms with van der Waals surface area (Å²) in [5, 5.41) is 8.60. The number of aliphatic hydroxyl groups excluding tert-OH is 1. The average Bonchev–Trinajstić information content (AvgIpc) is 2.10.